The van der Waals surface area contributed by atoms with Crippen molar-refractivity contribution in [2.75, 3.05) is 13.7 Å². The fraction of sp³-hybridized carbons (Fsp3) is 0.364. The Kier molecular flexibility index (Phi) is 5.65. The van der Waals surface area contributed by atoms with E-state index in [1.165, 1.54) is 4.68 Å². The van der Waals surface area contributed by atoms with Crippen LogP contribution in [0.2, 0.25) is 0 Å². The Morgan fingerprint density at radius 3 is 2.83 bits per heavy atom. The molecule has 0 spiro atoms. The van der Waals surface area contributed by atoms with E-state index in [2.05, 4.69) is 15.5 Å². The third kappa shape index (κ3) is 4.12. The predicted molar refractivity (Wildman–Crippen MR) is 113 cm³/mol. The summed E-state index contributed by atoms with van der Waals surface area (Å²) in [6.07, 6.45) is 4.04. The number of aromatic nitrogens is 4. The second-order valence-corrected chi connectivity index (χ2v) is 7.41. The van der Waals surface area contributed by atoms with Crippen LogP contribution in [0, 0.1) is 0 Å². The van der Waals surface area contributed by atoms with E-state index in [-0.39, 0.29) is 11.5 Å². The van der Waals surface area contributed by atoms with E-state index in [0.29, 0.717) is 24.5 Å². The largest absolute Gasteiger partial charge is 0.497 e. The Bertz CT molecular complexity index is 1130. The zero-order chi connectivity index (χ0) is 21.1. The number of hydrogen-bond donors (Lipinski definition) is 1. The molecule has 1 aliphatic carbocycles. The molecular formula is C22H25N5O3. The Morgan fingerprint density at radius 1 is 1.17 bits per heavy atom. The minimum atomic E-state index is -0.245. The Labute approximate surface area is 174 Å². The van der Waals surface area contributed by atoms with Crippen LogP contribution < -0.4 is 15.6 Å². The van der Waals surface area contributed by atoms with Crippen LogP contribution in [0.3, 0.4) is 0 Å². The molecule has 1 aliphatic rings. The van der Waals surface area contributed by atoms with Gasteiger partial charge in [0.25, 0.3) is 11.5 Å². The van der Waals surface area contributed by atoms with Crippen LogP contribution >= 0.6 is 0 Å². The second kappa shape index (κ2) is 8.52. The number of rotatable bonds is 6. The van der Waals surface area contributed by atoms with E-state index in [1.54, 1.807) is 31.0 Å². The average Bonchev–Trinajstić information content (AvgIpc) is 3.16. The lowest BCUT2D eigenvalue weighted by atomic mass is 9.97. The molecule has 0 fully saturated rings. The van der Waals surface area contributed by atoms with E-state index in [4.69, 9.17) is 4.74 Å². The first kappa shape index (κ1) is 19.9. The molecule has 0 bridgehead atoms. The summed E-state index contributed by atoms with van der Waals surface area (Å²) in [4.78, 5) is 24.9. The quantitative estimate of drug-likeness (QED) is 0.675. The smallest absolute Gasteiger partial charge is 0.269 e. The van der Waals surface area contributed by atoms with Crippen LogP contribution in [0.5, 0.6) is 5.75 Å². The maximum Gasteiger partial charge on any atom is 0.269 e. The first-order valence-electron chi connectivity index (χ1n) is 10.1. The number of methoxy groups -OCH3 is 1. The summed E-state index contributed by atoms with van der Waals surface area (Å²) in [6, 6.07) is 11.0. The van der Waals surface area contributed by atoms with Gasteiger partial charge in [0, 0.05) is 25.2 Å². The van der Waals surface area contributed by atoms with Crippen molar-refractivity contribution in [2.45, 2.75) is 32.2 Å². The molecule has 1 aromatic carbocycles. The van der Waals surface area contributed by atoms with Crippen LogP contribution in [0.4, 0.5) is 0 Å². The highest BCUT2D eigenvalue weighted by Crippen LogP contribution is 2.23. The van der Waals surface area contributed by atoms with E-state index in [1.807, 2.05) is 24.3 Å². The van der Waals surface area contributed by atoms with Crippen molar-refractivity contribution in [2.24, 2.45) is 7.05 Å². The monoisotopic (exact) mass is 407 g/mol. The molecule has 8 heteroatoms. The van der Waals surface area contributed by atoms with Crippen molar-refractivity contribution >= 4 is 5.91 Å². The zero-order valence-electron chi connectivity index (χ0n) is 17.2. The molecule has 2 heterocycles. The van der Waals surface area contributed by atoms with Gasteiger partial charge in [-0.05, 0) is 49.4 Å². The number of benzene rings is 1. The summed E-state index contributed by atoms with van der Waals surface area (Å²) in [6.45, 7) is 0.642. The number of fused-ring (bicyclic) bond motifs is 1. The van der Waals surface area contributed by atoms with Gasteiger partial charge < -0.3 is 10.1 Å². The van der Waals surface area contributed by atoms with Gasteiger partial charge in [0.2, 0.25) is 0 Å². The molecule has 0 aliphatic heterocycles. The van der Waals surface area contributed by atoms with Gasteiger partial charge in [-0.15, -0.1) is 0 Å². The van der Waals surface area contributed by atoms with Crippen molar-refractivity contribution in [3.8, 4) is 17.0 Å². The molecular weight excluding hydrogens is 382 g/mol. The van der Waals surface area contributed by atoms with Crippen molar-refractivity contribution in [1.29, 1.82) is 0 Å². The lowest BCUT2D eigenvalue weighted by molar-refractivity contribution is 0.0942. The molecule has 1 N–H and O–H groups in total. The summed E-state index contributed by atoms with van der Waals surface area (Å²) in [5.74, 6) is 0.484. The van der Waals surface area contributed by atoms with Gasteiger partial charge in [0.05, 0.1) is 25.0 Å². The third-order valence-electron chi connectivity index (χ3n) is 5.36. The fourth-order valence-electron chi connectivity index (χ4n) is 3.73. The first-order valence-corrected chi connectivity index (χ1v) is 10.1. The molecule has 8 nitrogen and oxygen atoms in total. The van der Waals surface area contributed by atoms with Crippen LogP contribution in [0.1, 0.15) is 34.6 Å². The number of aryl methyl sites for hydroxylation is 3. The molecule has 0 atom stereocenters. The minimum Gasteiger partial charge on any atom is -0.497 e. The highest BCUT2D eigenvalue weighted by molar-refractivity contribution is 5.93. The van der Waals surface area contributed by atoms with Crippen molar-refractivity contribution in [3.63, 3.8) is 0 Å². The van der Waals surface area contributed by atoms with Crippen molar-refractivity contribution in [3.05, 3.63) is 63.7 Å². The summed E-state index contributed by atoms with van der Waals surface area (Å²) < 4.78 is 8.24. The number of nitrogens with zero attached hydrogens (tertiary/aromatic N) is 4. The van der Waals surface area contributed by atoms with Gasteiger partial charge in [0.15, 0.2) is 0 Å². The molecule has 3 aromatic rings. The molecule has 2 aromatic heterocycles. The second-order valence-electron chi connectivity index (χ2n) is 7.41. The summed E-state index contributed by atoms with van der Waals surface area (Å²) in [5, 5.41) is 11.8. The summed E-state index contributed by atoms with van der Waals surface area (Å²) >= 11 is 0. The Morgan fingerprint density at radius 2 is 2.00 bits per heavy atom. The maximum absolute atomic E-state index is 12.6. The maximum atomic E-state index is 12.6. The number of carbonyl (C=O) groups is 1. The fourth-order valence-corrected chi connectivity index (χ4v) is 3.73. The highest BCUT2D eigenvalue weighted by atomic mass is 16.5. The van der Waals surface area contributed by atoms with Crippen molar-refractivity contribution in [1.82, 2.24) is 24.9 Å². The van der Waals surface area contributed by atoms with E-state index in [0.717, 1.165) is 48.3 Å². The van der Waals surface area contributed by atoms with E-state index in [9.17, 15) is 9.59 Å². The Balaban J connectivity index is 1.42. The number of carbonyl (C=O) groups excluding carboxylic acids is 1. The van der Waals surface area contributed by atoms with Crippen LogP contribution in [-0.2, 0) is 26.4 Å². The molecule has 4 rings (SSSR count). The SMILES string of the molecule is COc1cccc(-c2cc(C(=O)NCCn3nc4c(cc3=O)CCCC4)n(C)n2)c1. The molecule has 0 unspecified atom stereocenters. The lowest BCUT2D eigenvalue weighted by Crippen LogP contribution is -2.33. The molecule has 0 saturated heterocycles. The average molecular weight is 407 g/mol. The van der Waals surface area contributed by atoms with Gasteiger partial charge in [-0.3, -0.25) is 14.3 Å². The van der Waals surface area contributed by atoms with E-state index >= 15 is 0 Å². The van der Waals surface area contributed by atoms with Crippen LogP contribution in [-0.4, -0.2) is 39.1 Å². The topological polar surface area (TPSA) is 91.0 Å². The third-order valence-corrected chi connectivity index (χ3v) is 5.36. The lowest BCUT2D eigenvalue weighted by Gasteiger charge is -2.16. The molecule has 1 amide bonds. The van der Waals surface area contributed by atoms with Crippen LogP contribution in [0.25, 0.3) is 11.3 Å². The van der Waals surface area contributed by atoms with Gasteiger partial charge in [-0.25, -0.2) is 4.68 Å². The number of amides is 1. The Hall–Kier alpha value is -3.42. The van der Waals surface area contributed by atoms with Gasteiger partial charge in [-0.2, -0.15) is 10.2 Å². The van der Waals surface area contributed by atoms with E-state index < -0.39 is 0 Å². The van der Waals surface area contributed by atoms with Crippen LogP contribution in [0.15, 0.2) is 41.2 Å². The summed E-state index contributed by atoms with van der Waals surface area (Å²) in [5.41, 5.74) is 3.94. The number of ether oxygens (including phenoxy) is 1. The van der Waals surface area contributed by atoms with Crippen molar-refractivity contribution < 1.29 is 9.53 Å². The van der Waals surface area contributed by atoms with Gasteiger partial charge in [-0.1, -0.05) is 12.1 Å². The standard InChI is InChI=1S/C22H25N5O3/c1-26-20(14-19(24-26)15-7-5-8-17(12-15)30-2)22(29)23-10-11-27-21(28)13-16-6-3-4-9-18(16)25-27/h5,7-8,12-14H,3-4,6,9-11H2,1-2H3,(H,23,29). The minimum absolute atomic E-state index is 0.120. The number of nitrogens with one attached hydrogen (secondary N) is 1. The number of hydrogen-bond acceptors (Lipinski definition) is 5. The zero-order valence-corrected chi connectivity index (χ0v) is 17.2. The van der Waals surface area contributed by atoms with Gasteiger partial charge in [0.1, 0.15) is 11.4 Å². The highest BCUT2D eigenvalue weighted by Gasteiger charge is 2.16. The molecule has 30 heavy (non-hydrogen) atoms. The molecule has 0 radical (unpaired) electrons. The normalized spacial score (nSPS) is 13.0. The molecule has 0 saturated carbocycles. The summed E-state index contributed by atoms with van der Waals surface area (Å²) in [7, 11) is 3.34. The predicted octanol–water partition coefficient (Wildman–Crippen LogP) is 1.96. The molecule has 156 valence electrons. The van der Waals surface area contributed by atoms with Gasteiger partial charge >= 0.3 is 0 Å². The first-order chi connectivity index (χ1) is 14.5.